The summed E-state index contributed by atoms with van der Waals surface area (Å²) in [5, 5.41) is 0. The number of halogens is 4. The number of hydrogen-bond acceptors (Lipinski definition) is 0. The molecule has 74 valence electrons. The first-order valence-corrected chi connectivity index (χ1v) is 3.86. The molecule has 0 aromatic heterocycles. The molecule has 1 nitrogen and oxygen atoms in total. The minimum absolute atomic E-state index is 1.24. The van der Waals surface area contributed by atoms with Crippen LogP contribution in [0.5, 0.6) is 0 Å². The fourth-order valence-corrected chi connectivity index (χ4v) is 0.976. The standard InChI is InChI=1S/C6H13O.BF4/c1-7-5-3-2-4-6-7;2-1(3,4)5/h2-6H2,1H3;/q+1;-1. The van der Waals surface area contributed by atoms with Crippen LogP contribution < -0.4 is 0 Å². The summed E-state index contributed by atoms with van der Waals surface area (Å²) in [6.45, 7) is 2.47. The monoisotopic (exact) mass is 188 g/mol. The lowest BCUT2D eigenvalue weighted by molar-refractivity contribution is -0.119. The van der Waals surface area contributed by atoms with Crippen LogP contribution in [0.25, 0.3) is 0 Å². The van der Waals surface area contributed by atoms with Crippen molar-refractivity contribution in [3.05, 3.63) is 0 Å². The molecule has 0 amide bonds. The highest BCUT2D eigenvalue weighted by Crippen LogP contribution is 2.08. The Bertz CT molecular complexity index is 105. The zero-order valence-electron chi connectivity index (χ0n) is 7.03. The van der Waals surface area contributed by atoms with Crippen molar-refractivity contribution < 1.29 is 21.6 Å². The van der Waals surface area contributed by atoms with Crippen LogP contribution in [0.3, 0.4) is 0 Å². The molecule has 1 aliphatic rings. The summed E-state index contributed by atoms with van der Waals surface area (Å²) in [6, 6.07) is 0. The maximum Gasteiger partial charge on any atom is 0.673 e. The van der Waals surface area contributed by atoms with E-state index in [9.17, 15) is 17.3 Å². The van der Waals surface area contributed by atoms with Crippen LogP contribution in [-0.2, 0) is 4.37 Å². The molecule has 0 unspecified atom stereocenters. The minimum atomic E-state index is -6.00. The summed E-state index contributed by atoms with van der Waals surface area (Å²) in [5.74, 6) is 0. The molecule has 12 heavy (non-hydrogen) atoms. The van der Waals surface area contributed by atoms with Crippen LogP contribution in [0.2, 0.25) is 0 Å². The van der Waals surface area contributed by atoms with Gasteiger partial charge in [0.05, 0.1) is 0 Å². The summed E-state index contributed by atoms with van der Waals surface area (Å²) in [7, 11) is -3.89. The Morgan fingerprint density at radius 1 is 0.917 bits per heavy atom. The molecule has 1 aliphatic heterocycles. The van der Waals surface area contributed by atoms with Gasteiger partial charge in [-0.3, -0.25) is 0 Å². The van der Waals surface area contributed by atoms with E-state index in [1.165, 1.54) is 32.5 Å². The van der Waals surface area contributed by atoms with E-state index in [0.29, 0.717) is 0 Å². The van der Waals surface area contributed by atoms with Crippen LogP contribution >= 0.6 is 0 Å². The topological polar surface area (TPSA) is 2.70 Å². The van der Waals surface area contributed by atoms with Gasteiger partial charge < -0.3 is 21.6 Å². The zero-order chi connectivity index (χ0) is 9.61. The molecule has 6 heteroatoms. The first-order chi connectivity index (χ1) is 5.39. The zero-order valence-corrected chi connectivity index (χ0v) is 7.03. The maximum absolute atomic E-state index is 9.75. The lowest BCUT2D eigenvalue weighted by Crippen LogP contribution is -2.16. The van der Waals surface area contributed by atoms with Gasteiger partial charge in [0.1, 0.15) is 20.3 Å². The molecule has 1 rings (SSSR count). The molecular formula is C6H13BF4O. The van der Waals surface area contributed by atoms with E-state index < -0.39 is 7.25 Å². The molecule has 0 radical (unpaired) electrons. The molecular weight excluding hydrogens is 175 g/mol. The van der Waals surface area contributed by atoms with Crippen molar-refractivity contribution >= 4 is 7.25 Å². The maximum atomic E-state index is 9.75. The summed E-state index contributed by atoms with van der Waals surface area (Å²) in [5.41, 5.74) is 0. The van der Waals surface area contributed by atoms with Crippen molar-refractivity contribution in [2.45, 2.75) is 19.3 Å². The molecule has 0 aromatic carbocycles. The molecule has 0 saturated carbocycles. The van der Waals surface area contributed by atoms with Crippen LogP contribution in [0.1, 0.15) is 19.3 Å². The molecule has 0 bridgehead atoms. The van der Waals surface area contributed by atoms with Crippen LogP contribution in [-0.4, -0.2) is 27.6 Å². The van der Waals surface area contributed by atoms with Gasteiger partial charge in [-0.2, -0.15) is 0 Å². The molecule has 0 N–H and O–H groups in total. The summed E-state index contributed by atoms with van der Waals surface area (Å²) in [6.07, 6.45) is 4.18. The molecule has 1 saturated heterocycles. The lowest BCUT2D eigenvalue weighted by Gasteiger charge is -2.17. The normalized spacial score (nSPS) is 19.8. The highest BCUT2D eigenvalue weighted by Gasteiger charge is 2.20. The molecule has 1 heterocycles. The Morgan fingerprint density at radius 3 is 1.42 bits per heavy atom. The summed E-state index contributed by atoms with van der Waals surface area (Å²) < 4.78 is 42.1. The van der Waals surface area contributed by atoms with Crippen LogP contribution in [0.15, 0.2) is 0 Å². The van der Waals surface area contributed by atoms with E-state index in [1.807, 2.05) is 0 Å². The van der Waals surface area contributed by atoms with E-state index in [-0.39, 0.29) is 0 Å². The molecule has 1 fully saturated rings. The van der Waals surface area contributed by atoms with Gasteiger partial charge in [-0.1, -0.05) is 0 Å². The van der Waals surface area contributed by atoms with Crippen LogP contribution in [0, 0.1) is 0 Å². The number of hydrogen-bond donors (Lipinski definition) is 0. The second kappa shape index (κ2) is 5.40. The van der Waals surface area contributed by atoms with Gasteiger partial charge in [-0.15, -0.1) is 0 Å². The summed E-state index contributed by atoms with van der Waals surface area (Å²) in [4.78, 5) is 0. The van der Waals surface area contributed by atoms with E-state index in [1.54, 1.807) is 0 Å². The van der Waals surface area contributed by atoms with E-state index in [4.69, 9.17) is 0 Å². The predicted octanol–water partition coefficient (Wildman–Crippen LogP) is 2.65. The largest absolute Gasteiger partial charge is 0.673 e. The van der Waals surface area contributed by atoms with E-state index in [2.05, 4.69) is 11.5 Å². The lowest BCUT2D eigenvalue weighted by atomic mass is 10.2. The Balaban J connectivity index is 0.000000217. The molecule has 0 atom stereocenters. The Hall–Kier alpha value is -0.255. The van der Waals surface area contributed by atoms with Gasteiger partial charge >= 0.3 is 7.25 Å². The van der Waals surface area contributed by atoms with E-state index in [0.717, 1.165) is 0 Å². The van der Waals surface area contributed by atoms with Gasteiger partial charge in [0, 0.05) is 12.8 Å². The SMILES string of the molecule is C[O+]1CCCCC1.F[B-](F)(F)F. The Labute approximate surface area is 69.5 Å². The third-order valence-corrected chi connectivity index (χ3v) is 1.49. The third-order valence-electron chi connectivity index (χ3n) is 1.49. The average Bonchev–Trinajstić information content (AvgIpc) is 1.85. The van der Waals surface area contributed by atoms with Crippen molar-refractivity contribution in [1.82, 2.24) is 0 Å². The fraction of sp³-hybridized carbons (Fsp3) is 1.00. The fourth-order valence-electron chi connectivity index (χ4n) is 0.976. The van der Waals surface area contributed by atoms with Crippen molar-refractivity contribution in [3.8, 4) is 0 Å². The van der Waals surface area contributed by atoms with Crippen molar-refractivity contribution in [1.29, 1.82) is 0 Å². The van der Waals surface area contributed by atoms with Crippen molar-refractivity contribution in [2.75, 3.05) is 20.3 Å². The third kappa shape index (κ3) is 12.4. The van der Waals surface area contributed by atoms with E-state index >= 15 is 0 Å². The number of rotatable bonds is 0. The first kappa shape index (κ1) is 11.7. The van der Waals surface area contributed by atoms with Crippen molar-refractivity contribution in [2.24, 2.45) is 0 Å². The van der Waals surface area contributed by atoms with Gasteiger partial charge in [-0.25, -0.2) is 0 Å². The quantitative estimate of drug-likeness (QED) is 0.312. The highest BCUT2D eigenvalue weighted by molar-refractivity contribution is 6.50. The average molecular weight is 188 g/mol. The first-order valence-electron chi connectivity index (χ1n) is 3.86. The highest BCUT2D eigenvalue weighted by atomic mass is 19.5. The molecule has 0 aliphatic carbocycles. The van der Waals surface area contributed by atoms with Crippen LogP contribution in [0.4, 0.5) is 17.3 Å². The minimum Gasteiger partial charge on any atom is -0.424 e. The second-order valence-electron chi connectivity index (χ2n) is 2.75. The smallest absolute Gasteiger partial charge is 0.424 e. The van der Waals surface area contributed by atoms with Gasteiger partial charge in [0.25, 0.3) is 0 Å². The van der Waals surface area contributed by atoms with Gasteiger partial charge in [0.15, 0.2) is 0 Å². The summed E-state index contributed by atoms with van der Waals surface area (Å²) >= 11 is 0. The van der Waals surface area contributed by atoms with Gasteiger partial charge in [0.2, 0.25) is 0 Å². The second-order valence-corrected chi connectivity index (χ2v) is 2.75. The van der Waals surface area contributed by atoms with Gasteiger partial charge in [-0.05, 0) is 6.42 Å². The molecule has 0 aromatic rings. The molecule has 0 spiro atoms. The van der Waals surface area contributed by atoms with Crippen molar-refractivity contribution in [3.63, 3.8) is 0 Å². The predicted molar refractivity (Wildman–Crippen MR) is 40.8 cm³/mol. The Kier molecular flexibility index (Phi) is 5.29. The Morgan fingerprint density at radius 2 is 1.25 bits per heavy atom.